The van der Waals surface area contributed by atoms with Crippen LogP contribution in [0.3, 0.4) is 0 Å². The Morgan fingerprint density at radius 3 is 2.19 bits per heavy atom. The van der Waals surface area contributed by atoms with Crippen molar-refractivity contribution in [3.63, 3.8) is 0 Å². The number of alkyl carbamates (subject to hydrolysis) is 1. The van der Waals surface area contributed by atoms with Gasteiger partial charge in [0.2, 0.25) is 11.8 Å². The highest BCUT2D eigenvalue weighted by atomic mass is 16.5. The van der Waals surface area contributed by atoms with Crippen LogP contribution in [0.4, 0.5) is 4.79 Å². The van der Waals surface area contributed by atoms with Gasteiger partial charge in [0.1, 0.15) is 12.6 Å². The highest BCUT2D eigenvalue weighted by Gasteiger charge is 2.23. The minimum absolute atomic E-state index is 0.105. The molecule has 7 nitrogen and oxygen atoms in total. The van der Waals surface area contributed by atoms with E-state index in [2.05, 4.69) is 22.5 Å². The first-order valence-corrected chi connectivity index (χ1v) is 10.6. The molecule has 2 aromatic carbocycles. The van der Waals surface area contributed by atoms with Crippen molar-refractivity contribution in [2.75, 3.05) is 6.54 Å². The predicted octanol–water partition coefficient (Wildman–Crippen LogP) is 3.49. The van der Waals surface area contributed by atoms with Gasteiger partial charge < -0.3 is 20.7 Å². The molecule has 32 heavy (non-hydrogen) atoms. The van der Waals surface area contributed by atoms with Crippen molar-refractivity contribution in [2.24, 2.45) is 5.92 Å². The Hall–Kier alpha value is -3.61. The van der Waals surface area contributed by atoms with Gasteiger partial charge in [0.15, 0.2) is 0 Å². The molecule has 0 spiro atoms. The summed E-state index contributed by atoms with van der Waals surface area (Å²) in [6.07, 6.45) is 1.35. The van der Waals surface area contributed by atoms with Gasteiger partial charge in [-0.25, -0.2) is 4.79 Å². The minimum atomic E-state index is -0.810. The van der Waals surface area contributed by atoms with Crippen molar-refractivity contribution < 1.29 is 19.1 Å². The zero-order valence-electron chi connectivity index (χ0n) is 18.5. The predicted molar refractivity (Wildman–Crippen MR) is 124 cm³/mol. The van der Waals surface area contributed by atoms with E-state index in [9.17, 15) is 14.4 Å². The molecule has 0 radical (unpaired) electrons. The lowest BCUT2D eigenvalue weighted by atomic mass is 10.0. The molecule has 0 saturated heterocycles. The van der Waals surface area contributed by atoms with Crippen molar-refractivity contribution in [2.45, 2.75) is 39.0 Å². The molecule has 7 heteroatoms. The van der Waals surface area contributed by atoms with Crippen LogP contribution in [0.15, 0.2) is 73.3 Å². The fourth-order valence-electron chi connectivity index (χ4n) is 3.06. The van der Waals surface area contributed by atoms with Crippen LogP contribution in [-0.2, 0) is 20.9 Å². The van der Waals surface area contributed by atoms with Gasteiger partial charge in [-0.05, 0) is 23.5 Å². The van der Waals surface area contributed by atoms with E-state index in [1.54, 1.807) is 6.08 Å². The van der Waals surface area contributed by atoms with Crippen LogP contribution in [0, 0.1) is 5.92 Å². The van der Waals surface area contributed by atoms with Crippen LogP contribution >= 0.6 is 0 Å². The Morgan fingerprint density at radius 2 is 1.59 bits per heavy atom. The Labute approximate surface area is 189 Å². The second-order valence-corrected chi connectivity index (χ2v) is 7.80. The quantitative estimate of drug-likeness (QED) is 0.469. The first kappa shape index (κ1) is 24.7. The van der Waals surface area contributed by atoms with E-state index in [0.29, 0.717) is 6.42 Å². The molecular weight excluding hydrogens is 406 g/mol. The number of carbonyl (C=O) groups excluding carboxylic acids is 3. The van der Waals surface area contributed by atoms with Crippen molar-refractivity contribution in [3.05, 3.63) is 84.4 Å². The topological polar surface area (TPSA) is 96.5 Å². The average molecular weight is 438 g/mol. The van der Waals surface area contributed by atoms with Crippen LogP contribution in [-0.4, -0.2) is 30.5 Å². The summed E-state index contributed by atoms with van der Waals surface area (Å²) >= 11 is 0. The standard InChI is InChI=1S/C25H31N3O4/c1-4-21(20-13-9-6-10-14-20)27-23(29)16-26-24(30)22(15-18(2)3)28-25(31)32-17-19-11-7-5-8-12-19/h4-14,18,21-22H,1,15-17H2,2-3H3,(H,26,30)(H,27,29)(H,28,31). The van der Waals surface area contributed by atoms with E-state index in [4.69, 9.17) is 4.74 Å². The van der Waals surface area contributed by atoms with Gasteiger partial charge in [0.05, 0.1) is 12.6 Å². The van der Waals surface area contributed by atoms with Crippen molar-refractivity contribution in [3.8, 4) is 0 Å². The van der Waals surface area contributed by atoms with Crippen LogP contribution in [0.1, 0.15) is 37.4 Å². The fourth-order valence-corrected chi connectivity index (χ4v) is 3.06. The van der Waals surface area contributed by atoms with Crippen molar-refractivity contribution >= 4 is 17.9 Å². The third kappa shape index (κ3) is 8.63. The monoisotopic (exact) mass is 437 g/mol. The average Bonchev–Trinajstić information content (AvgIpc) is 2.80. The van der Waals surface area contributed by atoms with E-state index in [-0.39, 0.29) is 31.0 Å². The molecule has 0 bridgehead atoms. The summed E-state index contributed by atoms with van der Waals surface area (Å²) in [5.74, 6) is -0.653. The summed E-state index contributed by atoms with van der Waals surface area (Å²) < 4.78 is 5.21. The smallest absolute Gasteiger partial charge is 0.408 e. The first-order valence-electron chi connectivity index (χ1n) is 10.6. The second kappa shape index (κ2) is 12.9. The summed E-state index contributed by atoms with van der Waals surface area (Å²) in [5, 5.41) is 8.00. The fraction of sp³-hybridized carbons (Fsp3) is 0.320. The third-order valence-electron chi connectivity index (χ3n) is 4.66. The molecule has 170 valence electrons. The molecule has 2 atom stereocenters. The third-order valence-corrected chi connectivity index (χ3v) is 4.66. The molecule has 2 rings (SSSR count). The summed E-state index contributed by atoms with van der Waals surface area (Å²) in [6, 6.07) is 17.5. The van der Waals surface area contributed by atoms with Gasteiger partial charge in [0, 0.05) is 0 Å². The number of ether oxygens (including phenoxy) is 1. The number of hydrogen-bond donors (Lipinski definition) is 3. The molecule has 0 saturated carbocycles. The molecule has 0 aliphatic rings. The number of carbonyl (C=O) groups is 3. The molecule has 2 unspecified atom stereocenters. The number of hydrogen-bond acceptors (Lipinski definition) is 4. The highest BCUT2D eigenvalue weighted by molar-refractivity contribution is 5.89. The highest BCUT2D eigenvalue weighted by Crippen LogP contribution is 2.13. The lowest BCUT2D eigenvalue weighted by Crippen LogP contribution is -2.49. The molecule has 3 amide bonds. The summed E-state index contributed by atoms with van der Waals surface area (Å²) in [7, 11) is 0. The van der Waals surface area contributed by atoms with E-state index in [0.717, 1.165) is 11.1 Å². The Morgan fingerprint density at radius 1 is 0.969 bits per heavy atom. The maximum atomic E-state index is 12.6. The Bertz CT molecular complexity index is 885. The maximum Gasteiger partial charge on any atom is 0.408 e. The molecule has 0 heterocycles. The maximum absolute atomic E-state index is 12.6. The Kier molecular flexibility index (Phi) is 9.97. The van der Waals surface area contributed by atoms with Crippen LogP contribution in [0.2, 0.25) is 0 Å². The molecule has 0 fully saturated rings. The van der Waals surface area contributed by atoms with Gasteiger partial charge in [-0.2, -0.15) is 0 Å². The summed E-state index contributed by atoms with van der Waals surface area (Å²) in [5.41, 5.74) is 1.74. The van der Waals surface area contributed by atoms with Gasteiger partial charge in [0.25, 0.3) is 0 Å². The zero-order valence-corrected chi connectivity index (χ0v) is 18.5. The van der Waals surface area contributed by atoms with Crippen LogP contribution in [0.25, 0.3) is 0 Å². The lowest BCUT2D eigenvalue weighted by Gasteiger charge is -2.20. The summed E-state index contributed by atoms with van der Waals surface area (Å²) in [6.45, 7) is 7.53. The number of amides is 3. The van der Waals surface area contributed by atoms with Gasteiger partial charge in [-0.1, -0.05) is 80.6 Å². The molecule has 0 aromatic heterocycles. The molecular formula is C25H31N3O4. The number of nitrogens with one attached hydrogen (secondary N) is 3. The van der Waals surface area contributed by atoms with E-state index in [1.165, 1.54) is 0 Å². The molecule has 0 aliphatic carbocycles. The number of benzene rings is 2. The van der Waals surface area contributed by atoms with Gasteiger partial charge >= 0.3 is 6.09 Å². The first-order chi connectivity index (χ1) is 15.4. The van der Waals surface area contributed by atoms with Crippen molar-refractivity contribution in [1.29, 1.82) is 0 Å². The van der Waals surface area contributed by atoms with E-state index < -0.39 is 18.0 Å². The zero-order chi connectivity index (χ0) is 23.3. The Balaban J connectivity index is 1.86. The van der Waals surface area contributed by atoms with E-state index >= 15 is 0 Å². The van der Waals surface area contributed by atoms with Crippen molar-refractivity contribution in [1.82, 2.24) is 16.0 Å². The van der Waals surface area contributed by atoms with Crippen LogP contribution < -0.4 is 16.0 Å². The lowest BCUT2D eigenvalue weighted by molar-refractivity contribution is -0.127. The normalized spacial score (nSPS) is 12.3. The van der Waals surface area contributed by atoms with Gasteiger partial charge in [-0.3, -0.25) is 9.59 Å². The second-order valence-electron chi connectivity index (χ2n) is 7.80. The number of rotatable bonds is 11. The van der Waals surface area contributed by atoms with Gasteiger partial charge in [-0.15, -0.1) is 6.58 Å². The SMILES string of the molecule is C=CC(NC(=O)CNC(=O)C(CC(C)C)NC(=O)OCc1ccccc1)c1ccccc1. The minimum Gasteiger partial charge on any atom is -0.445 e. The molecule has 3 N–H and O–H groups in total. The van der Waals surface area contributed by atoms with Crippen LogP contribution in [0.5, 0.6) is 0 Å². The largest absolute Gasteiger partial charge is 0.445 e. The molecule has 0 aliphatic heterocycles. The summed E-state index contributed by atoms with van der Waals surface area (Å²) in [4.78, 5) is 37.2. The van der Waals surface area contributed by atoms with E-state index in [1.807, 2.05) is 74.5 Å². The molecule has 2 aromatic rings.